The van der Waals surface area contributed by atoms with E-state index >= 15 is 0 Å². The topological polar surface area (TPSA) is 90.1 Å². The second kappa shape index (κ2) is 4.63. The van der Waals surface area contributed by atoms with Crippen LogP contribution in [0.1, 0.15) is 11.4 Å². The Bertz CT molecular complexity index is 470. The lowest BCUT2D eigenvalue weighted by Gasteiger charge is -2.26. The minimum absolute atomic E-state index is 0.491. The van der Waals surface area contributed by atoms with E-state index in [4.69, 9.17) is 0 Å². The minimum Gasteiger partial charge on any atom is -0.314 e. The van der Waals surface area contributed by atoms with Gasteiger partial charge in [0, 0.05) is 26.2 Å². The molecule has 96 valence electrons. The fraction of sp³-hybridized carbons (Fsp3) is 0.667. The molecule has 0 unspecified atom stereocenters. The van der Waals surface area contributed by atoms with Crippen molar-refractivity contribution in [3.05, 3.63) is 11.4 Å². The summed E-state index contributed by atoms with van der Waals surface area (Å²) in [6.07, 6.45) is 0. The highest BCUT2D eigenvalue weighted by Crippen LogP contribution is 2.19. The standard InChI is InChI=1S/C9H17N5O2S/c1-7-9(8(2)12-11-7)13-17(15,16)14-5-3-10-4-6-14/h10,13H,3-6H2,1-2H3,(H,11,12). The normalized spacial score (nSPS) is 18.2. The molecule has 2 rings (SSSR count). The molecule has 0 aromatic carbocycles. The lowest BCUT2D eigenvalue weighted by atomic mass is 10.3. The summed E-state index contributed by atoms with van der Waals surface area (Å²) in [4.78, 5) is 0. The Balaban J connectivity index is 2.17. The van der Waals surface area contributed by atoms with Crippen molar-refractivity contribution in [3.8, 4) is 0 Å². The monoisotopic (exact) mass is 259 g/mol. The molecule has 1 aliphatic rings. The zero-order valence-electron chi connectivity index (χ0n) is 9.95. The molecule has 7 nitrogen and oxygen atoms in total. The smallest absolute Gasteiger partial charge is 0.301 e. The molecule has 3 N–H and O–H groups in total. The van der Waals surface area contributed by atoms with Gasteiger partial charge in [-0.3, -0.25) is 9.82 Å². The molecule has 0 atom stereocenters. The van der Waals surface area contributed by atoms with E-state index in [1.165, 1.54) is 4.31 Å². The largest absolute Gasteiger partial charge is 0.314 e. The number of aromatic nitrogens is 2. The van der Waals surface area contributed by atoms with E-state index < -0.39 is 10.2 Å². The number of H-pyrrole nitrogens is 1. The van der Waals surface area contributed by atoms with Gasteiger partial charge in [-0.1, -0.05) is 0 Å². The van der Waals surface area contributed by atoms with Gasteiger partial charge in [0.25, 0.3) is 0 Å². The summed E-state index contributed by atoms with van der Waals surface area (Å²) < 4.78 is 28.2. The molecule has 1 aromatic rings. The highest BCUT2D eigenvalue weighted by Gasteiger charge is 2.25. The quantitative estimate of drug-likeness (QED) is 0.688. The molecule has 17 heavy (non-hydrogen) atoms. The Morgan fingerprint density at radius 1 is 1.29 bits per heavy atom. The number of piperazine rings is 1. The Morgan fingerprint density at radius 3 is 2.47 bits per heavy atom. The second-order valence-corrected chi connectivity index (χ2v) is 5.74. The van der Waals surface area contributed by atoms with E-state index in [1.807, 2.05) is 0 Å². The van der Waals surface area contributed by atoms with Crippen molar-refractivity contribution in [2.75, 3.05) is 30.9 Å². The molecular weight excluding hydrogens is 242 g/mol. The molecule has 1 saturated heterocycles. The zero-order valence-corrected chi connectivity index (χ0v) is 10.8. The summed E-state index contributed by atoms with van der Waals surface area (Å²) in [6.45, 7) is 5.90. The summed E-state index contributed by atoms with van der Waals surface area (Å²) in [5.41, 5.74) is 1.92. The van der Waals surface area contributed by atoms with Gasteiger partial charge in [0.1, 0.15) is 0 Å². The van der Waals surface area contributed by atoms with Gasteiger partial charge >= 0.3 is 10.2 Å². The van der Waals surface area contributed by atoms with Crippen LogP contribution in [-0.4, -0.2) is 49.1 Å². The number of aryl methyl sites for hydroxylation is 2. The third kappa shape index (κ3) is 2.59. The lowest BCUT2D eigenvalue weighted by Crippen LogP contribution is -2.48. The molecule has 1 aromatic heterocycles. The summed E-state index contributed by atoms with van der Waals surface area (Å²) in [5.74, 6) is 0. The molecule has 8 heteroatoms. The second-order valence-electron chi connectivity index (χ2n) is 4.07. The summed E-state index contributed by atoms with van der Waals surface area (Å²) in [6, 6.07) is 0. The van der Waals surface area contributed by atoms with E-state index in [0.717, 1.165) is 5.69 Å². The number of anilines is 1. The van der Waals surface area contributed by atoms with E-state index in [1.54, 1.807) is 13.8 Å². The average Bonchev–Trinajstić information content (AvgIpc) is 2.62. The predicted octanol–water partition coefficient (Wildman–Crippen LogP) is -0.412. The van der Waals surface area contributed by atoms with Crippen LogP contribution in [0, 0.1) is 13.8 Å². The third-order valence-electron chi connectivity index (χ3n) is 2.78. The number of hydrogen-bond donors (Lipinski definition) is 3. The Kier molecular flexibility index (Phi) is 3.36. The van der Waals surface area contributed by atoms with Gasteiger partial charge in [0.05, 0.1) is 17.1 Å². The fourth-order valence-electron chi connectivity index (χ4n) is 1.78. The molecular formula is C9H17N5O2S. The van der Waals surface area contributed by atoms with Gasteiger partial charge in [-0.2, -0.15) is 17.8 Å². The van der Waals surface area contributed by atoms with Crippen LogP contribution in [0.5, 0.6) is 0 Å². The van der Waals surface area contributed by atoms with Gasteiger partial charge < -0.3 is 5.32 Å². The van der Waals surface area contributed by atoms with Crippen LogP contribution in [0.15, 0.2) is 0 Å². The van der Waals surface area contributed by atoms with E-state index in [-0.39, 0.29) is 0 Å². The summed E-state index contributed by atoms with van der Waals surface area (Å²) in [5, 5.41) is 9.83. The molecule has 0 bridgehead atoms. The van der Waals surface area contributed by atoms with Crippen molar-refractivity contribution in [2.24, 2.45) is 0 Å². The number of hydrogen-bond acceptors (Lipinski definition) is 4. The van der Waals surface area contributed by atoms with Crippen molar-refractivity contribution >= 4 is 15.9 Å². The summed E-state index contributed by atoms with van der Waals surface area (Å²) in [7, 11) is -3.47. The first-order chi connectivity index (χ1) is 8.00. The van der Waals surface area contributed by atoms with Crippen LogP contribution in [0.3, 0.4) is 0 Å². The maximum Gasteiger partial charge on any atom is 0.301 e. The van der Waals surface area contributed by atoms with Crippen molar-refractivity contribution < 1.29 is 8.42 Å². The highest BCUT2D eigenvalue weighted by atomic mass is 32.2. The van der Waals surface area contributed by atoms with Crippen molar-refractivity contribution in [1.82, 2.24) is 19.8 Å². The van der Waals surface area contributed by atoms with E-state index in [2.05, 4.69) is 20.2 Å². The van der Waals surface area contributed by atoms with Crippen LogP contribution in [0.2, 0.25) is 0 Å². The average molecular weight is 259 g/mol. The molecule has 0 amide bonds. The minimum atomic E-state index is -3.47. The predicted molar refractivity (Wildman–Crippen MR) is 65.0 cm³/mol. The molecule has 0 spiro atoms. The SMILES string of the molecule is Cc1n[nH]c(C)c1NS(=O)(=O)N1CCNCC1. The number of nitrogens with zero attached hydrogens (tertiary/aromatic N) is 2. The first-order valence-corrected chi connectivity index (χ1v) is 6.95. The molecule has 1 fully saturated rings. The van der Waals surface area contributed by atoms with Crippen LogP contribution >= 0.6 is 0 Å². The third-order valence-corrected chi connectivity index (χ3v) is 4.28. The van der Waals surface area contributed by atoms with Gasteiger partial charge in [-0.25, -0.2) is 0 Å². The lowest BCUT2D eigenvalue weighted by molar-refractivity contribution is 0.362. The fourth-order valence-corrected chi connectivity index (χ4v) is 3.13. The molecule has 0 radical (unpaired) electrons. The highest BCUT2D eigenvalue weighted by molar-refractivity contribution is 7.90. The number of aromatic amines is 1. The maximum atomic E-state index is 12.1. The van der Waals surface area contributed by atoms with Crippen LogP contribution in [0.4, 0.5) is 5.69 Å². The Morgan fingerprint density at radius 2 is 1.94 bits per heavy atom. The first-order valence-electron chi connectivity index (χ1n) is 5.51. The van der Waals surface area contributed by atoms with E-state index in [0.29, 0.717) is 37.6 Å². The zero-order chi connectivity index (χ0) is 12.5. The van der Waals surface area contributed by atoms with Gasteiger partial charge in [0.2, 0.25) is 0 Å². The molecule has 1 aliphatic heterocycles. The maximum absolute atomic E-state index is 12.1. The van der Waals surface area contributed by atoms with Crippen LogP contribution in [-0.2, 0) is 10.2 Å². The Labute approximate surface area is 101 Å². The van der Waals surface area contributed by atoms with Crippen molar-refractivity contribution in [1.29, 1.82) is 0 Å². The van der Waals surface area contributed by atoms with E-state index in [9.17, 15) is 8.42 Å². The Hall–Kier alpha value is -1.12. The van der Waals surface area contributed by atoms with Gasteiger partial charge in [0.15, 0.2) is 0 Å². The number of rotatable bonds is 3. The summed E-state index contributed by atoms with van der Waals surface area (Å²) >= 11 is 0. The first kappa shape index (κ1) is 12.3. The van der Waals surface area contributed by atoms with Crippen molar-refractivity contribution in [3.63, 3.8) is 0 Å². The van der Waals surface area contributed by atoms with Gasteiger partial charge in [-0.15, -0.1) is 0 Å². The van der Waals surface area contributed by atoms with Crippen LogP contribution < -0.4 is 10.0 Å². The van der Waals surface area contributed by atoms with Gasteiger partial charge in [-0.05, 0) is 13.8 Å². The molecule has 0 saturated carbocycles. The molecule has 0 aliphatic carbocycles. The van der Waals surface area contributed by atoms with Crippen molar-refractivity contribution in [2.45, 2.75) is 13.8 Å². The number of nitrogens with one attached hydrogen (secondary N) is 3. The van der Waals surface area contributed by atoms with Crippen LogP contribution in [0.25, 0.3) is 0 Å². The molecule has 2 heterocycles.